The number of primary amides is 1. The lowest BCUT2D eigenvalue weighted by molar-refractivity contribution is 0.0997. The molecule has 0 unspecified atom stereocenters. The fraction of sp³-hybridized carbons (Fsp3) is 0.200. The number of rotatable bonds is 5. The fourth-order valence-electron chi connectivity index (χ4n) is 1.78. The Morgan fingerprint density at radius 2 is 2.00 bits per heavy atom. The van der Waals surface area contributed by atoms with Gasteiger partial charge in [-0.15, -0.1) is 0 Å². The Morgan fingerprint density at radius 1 is 1.26 bits per heavy atom. The molecule has 2 aromatic rings. The van der Waals surface area contributed by atoms with Gasteiger partial charge in [0.05, 0.1) is 0 Å². The molecule has 0 aliphatic rings. The molecule has 0 atom stereocenters. The average molecular weight is 256 g/mol. The van der Waals surface area contributed by atoms with E-state index in [9.17, 15) is 4.79 Å². The van der Waals surface area contributed by atoms with Crippen LogP contribution in [0, 0.1) is 0 Å². The van der Waals surface area contributed by atoms with E-state index in [1.54, 1.807) is 18.3 Å². The van der Waals surface area contributed by atoms with Crippen molar-refractivity contribution in [2.45, 2.75) is 19.8 Å². The fourth-order valence-corrected chi connectivity index (χ4v) is 1.78. The summed E-state index contributed by atoms with van der Waals surface area (Å²) in [7, 11) is 0. The summed E-state index contributed by atoms with van der Waals surface area (Å²) in [5, 5.41) is 0. The third kappa shape index (κ3) is 3.31. The predicted octanol–water partition coefficient (Wildman–Crippen LogP) is 2.93. The molecule has 98 valence electrons. The van der Waals surface area contributed by atoms with E-state index >= 15 is 0 Å². The monoisotopic (exact) mass is 256 g/mol. The van der Waals surface area contributed by atoms with E-state index < -0.39 is 5.91 Å². The summed E-state index contributed by atoms with van der Waals surface area (Å²) < 4.78 is 5.59. The summed E-state index contributed by atoms with van der Waals surface area (Å²) in [6, 6.07) is 11.0. The minimum absolute atomic E-state index is 0.234. The molecule has 0 bridgehead atoms. The quantitative estimate of drug-likeness (QED) is 0.894. The van der Waals surface area contributed by atoms with Crippen LogP contribution in [0.25, 0.3) is 0 Å². The first-order chi connectivity index (χ1) is 9.20. The summed E-state index contributed by atoms with van der Waals surface area (Å²) in [6.45, 7) is 2.14. The standard InChI is InChI=1S/C15H16N2O2/c1-2-4-11-6-8-12(9-7-11)19-15-13(14(16)18)5-3-10-17-15/h3,5-10H,2,4H2,1H3,(H2,16,18). The molecule has 1 amide bonds. The van der Waals surface area contributed by atoms with Crippen molar-refractivity contribution < 1.29 is 9.53 Å². The lowest BCUT2D eigenvalue weighted by atomic mass is 10.1. The largest absolute Gasteiger partial charge is 0.438 e. The predicted molar refractivity (Wildman–Crippen MR) is 73.3 cm³/mol. The van der Waals surface area contributed by atoms with Crippen molar-refractivity contribution in [1.29, 1.82) is 0 Å². The van der Waals surface area contributed by atoms with Crippen LogP contribution in [0.3, 0.4) is 0 Å². The summed E-state index contributed by atoms with van der Waals surface area (Å²) in [4.78, 5) is 15.3. The van der Waals surface area contributed by atoms with E-state index in [4.69, 9.17) is 10.5 Å². The highest BCUT2D eigenvalue weighted by Crippen LogP contribution is 2.23. The molecule has 1 aromatic carbocycles. The highest BCUT2D eigenvalue weighted by molar-refractivity contribution is 5.95. The van der Waals surface area contributed by atoms with E-state index in [1.807, 2.05) is 24.3 Å². The lowest BCUT2D eigenvalue weighted by Crippen LogP contribution is -2.12. The van der Waals surface area contributed by atoms with Gasteiger partial charge in [0.1, 0.15) is 11.3 Å². The van der Waals surface area contributed by atoms with Crippen molar-refractivity contribution in [2.24, 2.45) is 5.73 Å². The van der Waals surface area contributed by atoms with Gasteiger partial charge in [-0.1, -0.05) is 25.5 Å². The molecule has 0 aliphatic carbocycles. The second kappa shape index (κ2) is 6.00. The number of nitrogens with two attached hydrogens (primary N) is 1. The van der Waals surface area contributed by atoms with Crippen molar-refractivity contribution >= 4 is 5.91 Å². The van der Waals surface area contributed by atoms with Crippen molar-refractivity contribution in [2.75, 3.05) is 0 Å². The van der Waals surface area contributed by atoms with Crippen LogP contribution in [0.4, 0.5) is 0 Å². The van der Waals surface area contributed by atoms with Gasteiger partial charge in [0.25, 0.3) is 5.91 Å². The number of benzene rings is 1. The van der Waals surface area contributed by atoms with Crippen LogP contribution < -0.4 is 10.5 Å². The van der Waals surface area contributed by atoms with Gasteiger partial charge in [-0.2, -0.15) is 0 Å². The molecule has 4 nitrogen and oxygen atoms in total. The number of amides is 1. The normalized spacial score (nSPS) is 10.2. The van der Waals surface area contributed by atoms with Gasteiger partial charge in [0.2, 0.25) is 5.88 Å². The van der Waals surface area contributed by atoms with Gasteiger partial charge in [0.15, 0.2) is 0 Å². The molecule has 0 radical (unpaired) electrons. The maximum Gasteiger partial charge on any atom is 0.254 e. The smallest absolute Gasteiger partial charge is 0.254 e. The number of pyridine rings is 1. The van der Waals surface area contributed by atoms with Gasteiger partial charge < -0.3 is 10.5 Å². The number of aryl methyl sites for hydroxylation is 1. The number of ether oxygens (including phenoxy) is 1. The number of hydrogen-bond acceptors (Lipinski definition) is 3. The van der Waals surface area contributed by atoms with Gasteiger partial charge in [0, 0.05) is 6.20 Å². The van der Waals surface area contributed by atoms with Crippen LogP contribution in [0.2, 0.25) is 0 Å². The minimum atomic E-state index is -0.550. The van der Waals surface area contributed by atoms with Gasteiger partial charge in [-0.3, -0.25) is 4.79 Å². The van der Waals surface area contributed by atoms with E-state index in [1.165, 1.54) is 5.56 Å². The third-order valence-corrected chi connectivity index (χ3v) is 2.71. The Balaban J connectivity index is 2.19. The minimum Gasteiger partial charge on any atom is -0.438 e. The number of nitrogens with zero attached hydrogens (tertiary/aromatic N) is 1. The maximum atomic E-state index is 11.3. The molecule has 4 heteroatoms. The van der Waals surface area contributed by atoms with E-state index in [0.29, 0.717) is 5.75 Å². The Hall–Kier alpha value is -2.36. The molecule has 2 rings (SSSR count). The van der Waals surface area contributed by atoms with Crippen LogP contribution in [-0.2, 0) is 6.42 Å². The summed E-state index contributed by atoms with van der Waals surface area (Å²) in [5.74, 6) is 0.324. The zero-order valence-electron chi connectivity index (χ0n) is 10.8. The van der Waals surface area contributed by atoms with Crippen molar-refractivity contribution in [3.05, 3.63) is 53.7 Å². The maximum absolute atomic E-state index is 11.3. The van der Waals surface area contributed by atoms with Crippen LogP contribution in [-0.4, -0.2) is 10.9 Å². The molecule has 0 aliphatic heterocycles. The van der Waals surface area contributed by atoms with Crippen molar-refractivity contribution in [1.82, 2.24) is 4.98 Å². The van der Waals surface area contributed by atoms with E-state index in [0.717, 1.165) is 12.8 Å². The first-order valence-electron chi connectivity index (χ1n) is 6.22. The van der Waals surface area contributed by atoms with Gasteiger partial charge in [-0.25, -0.2) is 4.98 Å². The Bertz CT molecular complexity index is 565. The summed E-state index contributed by atoms with van der Waals surface area (Å²) >= 11 is 0. The highest BCUT2D eigenvalue weighted by Gasteiger charge is 2.10. The number of aromatic nitrogens is 1. The molecular formula is C15H16N2O2. The zero-order chi connectivity index (χ0) is 13.7. The molecule has 0 saturated heterocycles. The molecule has 0 fully saturated rings. The van der Waals surface area contributed by atoms with Crippen LogP contribution in [0.15, 0.2) is 42.6 Å². The van der Waals surface area contributed by atoms with Crippen molar-refractivity contribution in [3.8, 4) is 11.6 Å². The van der Waals surface area contributed by atoms with Crippen LogP contribution in [0.1, 0.15) is 29.3 Å². The third-order valence-electron chi connectivity index (χ3n) is 2.71. The average Bonchev–Trinajstić information content (AvgIpc) is 2.42. The zero-order valence-corrected chi connectivity index (χ0v) is 10.8. The summed E-state index contributed by atoms with van der Waals surface area (Å²) in [6.07, 6.45) is 3.70. The summed E-state index contributed by atoms with van der Waals surface area (Å²) in [5.41, 5.74) is 6.81. The highest BCUT2D eigenvalue weighted by atomic mass is 16.5. The molecule has 0 spiro atoms. The SMILES string of the molecule is CCCc1ccc(Oc2ncccc2C(N)=O)cc1. The van der Waals surface area contributed by atoms with Gasteiger partial charge in [-0.05, 0) is 36.2 Å². The Labute approximate surface area is 112 Å². The lowest BCUT2D eigenvalue weighted by Gasteiger charge is -2.08. The van der Waals surface area contributed by atoms with Crippen molar-refractivity contribution in [3.63, 3.8) is 0 Å². The first kappa shape index (κ1) is 13.1. The second-order valence-electron chi connectivity index (χ2n) is 4.22. The van der Waals surface area contributed by atoms with E-state index in [2.05, 4.69) is 11.9 Å². The Morgan fingerprint density at radius 3 is 2.63 bits per heavy atom. The van der Waals surface area contributed by atoms with E-state index in [-0.39, 0.29) is 11.4 Å². The number of carbonyl (C=O) groups is 1. The molecule has 19 heavy (non-hydrogen) atoms. The number of carbonyl (C=O) groups excluding carboxylic acids is 1. The molecule has 1 aromatic heterocycles. The topological polar surface area (TPSA) is 65.2 Å². The molecular weight excluding hydrogens is 240 g/mol. The molecule has 1 heterocycles. The molecule has 0 saturated carbocycles. The Kier molecular flexibility index (Phi) is 4.13. The second-order valence-corrected chi connectivity index (χ2v) is 4.22. The first-order valence-corrected chi connectivity index (χ1v) is 6.22. The molecule has 2 N–H and O–H groups in total. The van der Waals surface area contributed by atoms with Crippen LogP contribution in [0.5, 0.6) is 11.6 Å². The van der Waals surface area contributed by atoms with Gasteiger partial charge >= 0.3 is 0 Å². The number of hydrogen-bond donors (Lipinski definition) is 1. The van der Waals surface area contributed by atoms with Crippen LogP contribution >= 0.6 is 0 Å².